The second kappa shape index (κ2) is 4.08. The van der Waals surface area contributed by atoms with Crippen molar-refractivity contribution in [1.29, 1.82) is 0 Å². The topological polar surface area (TPSA) is 6.48 Å². The van der Waals surface area contributed by atoms with E-state index in [0.29, 0.717) is 0 Å². The van der Waals surface area contributed by atoms with Gasteiger partial charge in [-0.2, -0.15) is 0 Å². The second-order valence-corrected chi connectivity index (χ2v) is 5.25. The molecule has 2 aliphatic rings. The Morgan fingerprint density at radius 3 is 1.69 bits per heavy atom. The van der Waals surface area contributed by atoms with Gasteiger partial charge < -0.3 is 0 Å². The number of hydrogen-bond donors (Lipinski definition) is 0. The molecule has 0 saturated carbocycles. The zero-order valence-electron chi connectivity index (χ0n) is 8.58. The number of rotatable bonds is 0. The van der Waals surface area contributed by atoms with Crippen LogP contribution in [0.3, 0.4) is 0 Å². The fraction of sp³-hybridized carbons (Fsp3) is 0.800. The summed E-state index contributed by atoms with van der Waals surface area (Å²) in [5, 5.41) is 0. The van der Waals surface area contributed by atoms with Crippen LogP contribution in [0.25, 0.3) is 0 Å². The van der Waals surface area contributed by atoms with Crippen LogP contribution >= 0.6 is 7.83 Å². The van der Waals surface area contributed by atoms with E-state index in [0.717, 1.165) is 0 Å². The zero-order valence-corrected chi connectivity index (χ0v) is 9.48. The molecular weight excluding hydrogens is 179 g/mol. The molecule has 0 aromatic carbocycles. The molecule has 2 fully saturated rings. The van der Waals surface area contributed by atoms with Crippen molar-refractivity contribution in [2.75, 3.05) is 27.2 Å². The Labute approximate surface area is 82.0 Å². The summed E-state index contributed by atoms with van der Waals surface area (Å²) in [7, 11) is 5.95. The van der Waals surface area contributed by atoms with Gasteiger partial charge in [0, 0.05) is 0 Å². The Kier molecular flexibility index (Phi) is 3.02. The molecule has 0 spiro atoms. The monoisotopic (exact) mass is 197 g/mol. The van der Waals surface area contributed by atoms with Gasteiger partial charge in [0.15, 0.2) is 0 Å². The first-order valence-corrected chi connectivity index (χ1v) is 6.02. The molecule has 0 N–H and O–H groups in total. The Balaban J connectivity index is 2.24. The van der Waals surface area contributed by atoms with Gasteiger partial charge in [-0.1, -0.05) is 0 Å². The van der Waals surface area contributed by atoms with Gasteiger partial charge in [0.05, 0.1) is 0 Å². The van der Waals surface area contributed by atoms with E-state index < -0.39 is 0 Å². The van der Waals surface area contributed by atoms with Crippen molar-refractivity contribution in [1.82, 2.24) is 9.80 Å². The second-order valence-electron chi connectivity index (χ2n) is 3.99. The standard InChI is InChI=1S/C10H18N2P/c1-11-7-3-5-9(11)13-10-6-4-8-12(10)2/h3-8H2,1-2H3/q+1. The van der Waals surface area contributed by atoms with Gasteiger partial charge in [0.1, 0.15) is 0 Å². The first-order chi connectivity index (χ1) is 6.27. The van der Waals surface area contributed by atoms with Crippen molar-refractivity contribution < 1.29 is 0 Å². The van der Waals surface area contributed by atoms with Crippen molar-refractivity contribution in [2.45, 2.75) is 25.7 Å². The molecule has 2 heterocycles. The van der Waals surface area contributed by atoms with E-state index in [4.69, 9.17) is 0 Å². The number of nitrogens with zero attached hydrogens (tertiary/aromatic N) is 2. The van der Waals surface area contributed by atoms with Gasteiger partial charge in [-0.25, -0.2) is 0 Å². The molecule has 0 radical (unpaired) electrons. The van der Waals surface area contributed by atoms with E-state index in [2.05, 4.69) is 23.9 Å². The molecule has 0 unspecified atom stereocenters. The predicted octanol–water partition coefficient (Wildman–Crippen LogP) is 1.64. The van der Waals surface area contributed by atoms with Crippen molar-refractivity contribution in [3.63, 3.8) is 0 Å². The maximum absolute atomic E-state index is 2.43. The van der Waals surface area contributed by atoms with E-state index in [1.165, 1.54) is 46.6 Å². The van der Waals surface area contributed by atoms with E-state index >= 15 is 0 Å². The Hall–Kier alpha value is 0.0900. The summed E-state index contributed by atoms with van der Waals surface area (Å²) in [6.45, 7) is 2.53. The molecule has 0 aromatic rings. The van der Waals surface area contributed by atoms with Gasteiger partial charge in [-0.05, 0) is 0 Å². The van der Waals surface area contributed by atoms with Gasteiger partial charge in [-0.3, -0.25) is 0 Å². The average molecular weight is 197 g/mol. The van der Waals surface area contributed by atoms with Crippen LogP contribution in [0, 0.1) is 0 Å². The van der Waals surface area contributed by atoms with E-state index in [1.54, 1.807) is 10.8 Å². The zero-order chi connectivity index (χ0) is 9.26. The van der Waals surface area contributed by atoms with Crippen molar-refractivity contribution in [2.24, 2.45) is 0 Å². The van der Waals surface area contributed by atoms with Crippen LogP contribution in [-0.2, 0) is 0 Å². The summed E-state index contributed by atoms with van der Waals surface area (Å²) >= 11 is 0. The van der Waals surface area contributed by atoms with Crippen LogP contribution in [0.2, 0.25) is 0 Å². The summed E-state index contributed by atoms with van der Waals surface area (Å²) in [5.74, 6) is 0. The third-order valence-corrected chi connectivity index (χ3v) is 4.57. The number of likely N-dealkylation sites (tertiary alicyclic amines) is 2. The Bertz CT molecular complexity index is 242. The average Bonchev–Trinajstić information content (AvgIpc) is 2.65. The fourth-order valence-corrected chi connectivity index (χ4v) is 3.40. The number of hydrogen-bond acceptors (Lipinski definition) is 0. The minimum absolute atomic E-state index is 1.26. The molecular formula is C10H18N2P+. The summed E-state index contributed by atoms with van der Waals surface area (Å²) in [5.41, 5.74) is 3.26. The molecule has 2 rings (SSSR count). The molecule has 2 saturated heterocycles. The molecule has 0 amide bonds. The summed E-state index contributed by atoms with van der Waals surface area (Å²) in [6, 6.07) is 0. The maximum atomic E-state index is 2.43. The van der Waals surface area contributed by atoms with Crippen LogP contribution in [0.4, 0.5) is 0 Å². The van der Waals surface area contributed by atoms with Gasteiger partial charge in [0.2, 0.25) is 0 Å². The van der Waals surface area contributed by atoms with Crippen molar-refractivity contribution in [3.8, 4) is 0 Å². The van der Waals surface area contributed by atoms with Crippen molar-refractivity contribution in [3.05, 3.63) is 0 Å². The van der Waals surface area contributed by atoms with E-state index in [1.807, 2.05) is 0 Å². The molecule has 2 aliphatic heterocycles. The van der Waals surface area contributed by atoms with Crippen LogP contribution in [0.15, 0.2) is 0 Å². The molecule has 72 valence electrons. The Morgan fingerprint density at radius 2 is 1.38 bits per heavy atom. The molecule has 0 aliphatic carbocycles. The third-order valence-electron chi connectivity index (χ3n) is 2.93. The van der Waals surface area contributed by atoms with Gasteiger partial charge in [0.25, 0.3) is 0 Å². The first-order valence-electron chi connectivity index (χ1n) is 5.13. The summed E-state index contributed by atoms with van der Waals surface area (Å²) in [4.78, 5) is 4.86. The van der Waals surface area contributed by atoms with Crippen LogP contribution < -0.4 is 0 Å². The van der Waals surface area contributed by atoms with E-state index in [-0.39, 0.29) is 0 Å². The fourth-order valence-electron chi connectivity index (χ4n) is 2.02. The van der Waals surface area contributed by atoms with Crippen LogP contribution in [-0.4, -0.2) is 47.8 Å². The van der Waals surface area contributed by atoms with Gasteiger partial charge >= 0.3 is 81.3 Å². The predicted molar refractivity (Wildman–Crippen MR) is 60.7 cm³/mol. The molecule has 3 heteroatoms. The third kappa shape index (κ3) is 2.12. The van der Waals surface area contributed by atoms with E-state index in [9.17, 15) is 0 Å². The summed E-state index contributed by atoms with van der Waals surface area (Å²) in [6.07, 6.45) is 5.34. The van der Waals surface area contributed by atoms with Crippen LogP contribution in [0.1, 0.15) is 25.7 Å². The first kappa shape index (κ1) is 9.64. The Morgan fingerprint density at radius 1 is 0.923 bits per heavy atom. The molecule has 0 bridgehead atoms. The molecule has 0 aromatic heterocycles. The minimum atomic E-state index is 1.26. The quantitative estimate of drug-likeness (QED) is 0.545. The van der Waals surface area contributed by atoms with Gasteiger partial charge in [-0.15, -0.1) is 0 Å². The summed E-state index contributed by atoms with van der Waals surface area (Å²) < 4.78 is 0. The SMILES string of the molecule is CN1CCCC1=[P+]=C1CCCN1C. The normalized spacial score (nSPS) is 26.0. The molecule has 13 heavy (non-hydrogen) atoms. The molecule has 0 atom stereocenters. The van der Waals surface area contributed by atoms with Crippen LogP contribution in [0.5, 0.6) is 0 Å². The molecule has 2 nitrogen and oxygen atoms in total. The van der Waals surface area contributed by atoms with Crippen molar-refractivity contribution >= 4 is 18.7 Å².